The van der Waals surface area contributed by atoms with Crippen molar-refractivity contribution in [3.05, 3.63) is 58.9 Å². The normalized spacial score (nSPS) is 13.7. The first-order valence-corrected chi connectivity index (χ1v) is 6.39. The first kappa shape index (κ1) is 13.6. The molecular formula is C15H11F3N2O. The second-order valence-electron chi connectivity index (χ2n) is 4.80. The molecule has 3 rings (SSSR count). The summed E-state index contributed by atoms with van der Waals surface area (Å²) in [6, 6.07) is 5.72. The Morgan fingerprint density at radius 1 is 1.24 bits per heavy atom. The second-order valence-corrected chi connectivity index (χ2v) is 4.80. The molecule has 1 N–H and O–H groups in total. The number of anilines is 1. The van der Waals surface area contributed by atoms with E-state index in [0.717, 1.165) is 42.7 Å². The zero-order valence-electron chi connectivity index (χ0n) is 10.9. The lowest BCUT2D eigenvalue weighted by atomic mass is 9.98. The SMILES string of the molecule is O=C(c1ccc2c(c1)CCN2)c1cnccc1C(F)(F)F. The smallest absolute Gasteiger partial charge is 0.384 e. The number of benzene rings is 1. The summed E-state index contributed by atoms with van der Waals surface area (Å²) >= 11 is 0. The first-order valence-electron chi connectivity index (χ1n) is 6.39. The minimum absolute atomic E-state index is 0.246. The van der Waals surface area contributed by atoms with Crippen LogP contribution in [0.25, 0.3) is 0 Å². The third-order valence-electron chi connectivity index (χ3n) is 3.45. The quantitative estimate of drug-likeness (QED) is 0.864. The van der Waals surface area contributed by atoms with Crippen LogP contribution in [0.5, 0.6) is 0 Å². The Labute approximate surface area is 118 Å². The molecule has 0 radical (unpaired) electrons. The molecule has 1 aliphatic heterocycles. The predicted molar refractivity (Wildman–Crippen MR) is 71.3 cm³/mol. The Morgan fingerprint density at radius 3 is 2.81 bits per heavy atom. The van der Waals surface area contributed by atoms with Crippen LogP contribution in [0.4, 0.5) is 18.9 Å². The van der Waals surface area contributed by atoms with Gasteiger partial charge < -0.3 is 5.32 Å². The highest BCUT2D eigenvalue weighted by Crippen LogP contribution is 2.33. The number of carbonyl (C=O) groups is 1. The Hall–Kier alpha value is -2.37. The number of carbonyl (C=O) groups excluding carboxylic acids is 1. The van der Waals surface area contributed by atoms with Crippen molar-refractivity contribution in [2.45, 2.75) is 12.6 Å². The van der Waals surface area contributed by atoms with Gasteiger partial charge in [0.1, 0.15) is 0 Å². The highest BCUT2D eigenvalue weighted by atomic mass is 19.4. The number of nitrogens with one attached hydrogen (secondary N) is 1. The van der Waals surface area contributed by atoms with Gasteiger partial charge in [-0.15, -0.1) is 0 Å². The maximum Gasteiger partial charge on any atom is 0.417 e. The zero-order chi connectivity index (χ0) is 15.0. The minimum atomic E-state index is -4.58. The van der Waals surface area contributed by atoms with Crippen LogP contribution >= 0.6 is 0 Å². The van der Waals surface area contributed by atoms with Gasteiger partial charge in [0.05, 0.1) is 11.1 Å². The molecule has 3 nitrogen and oxygen atoms in total. The van der Waals surface area contributed by atoms with E-state index >= 15 is 0 Å². The lowest BCUT2D eigenvalue weighted by molar-refractivity contribution is -0.137. The Bertz CT molecular complexity index is 710. The Balaban J connectivity index is 2.03. The lowest BCUT2D eigenvalue weighted by Crippen LogP contribution is -2.14. The minimum Gasteiger partial charge on any atom is -0.384 e. The largest absolute Gasteiger partial charge is 0.417 e. The van der Waals surface area contributed by atoms with Crippen LogP contribution < -0.4 is 5.32 Å². The van der Waals surface area contributed by atoms with E-state index < -0.39 is 23.1 Å². The maximum absolute atomic E-state index is 13.0. The molecule has 0 spiro atoms. The third kappa shape index (κ3) is 2.49. The Kier molecular flexibility index (Phi) is 3.16. The fourth-order valence-corrected chi connectivity index (χ4v) is 2.42. The van der Waals surface area contributed by atoms with Gasteiger partial charge in [0.15, 0.2) is 5.78 Å². The average molecular weight is 292 g/mol. The molecule has 1 aliphatic rings. The van der Waals surface area contributed by atoms with E-state index in [-0.39, 0.29) is 5.56 Å². The number of pyridine rings is 1. The van der Waals surface area contributed by atoms with E-state index in [1.807, 2.05) is 0 Å². The van der Waals surface area contributed by atoms with Crippen LogP contribution in [0, 0.1) is 0 Å². The molecule has 1 aromatic heterocycles. The highest BCUT2D eigenvalue weighted by molar-refractivity contribution is 6.10. The van der Waals surface area contributed by atoms with Crippen LogP contribution in [0.1, 0.15) is 27.0 Å². The molecule has 0 fully saturated rings. The summed E-state index contributed by atoms with van der Waals surface area (Å²) in [6.07, 6.45) is -1.81. The molecule has 0 bridgehead atoms. The molecule has 0 amide bonds. The summed E-state index contributed by atoms with van der Waals surface area (Å²) in [7, 11) is 0. The van der Waals surface area contributed by atoms with Crippen molar-refractivity contribution >= 4 is 11.5 Å². The van der Waals surface area contributed by atoms with Gasteiger partial charge in [-0.25, -0.2) is 0 Å². The van der Waals surface area contributed by atoms with E-state index in [9.17, 15) is 18.0 Å². The molecule has 0 saturated heterocycles. The van der Waals surface area contributed by atoms with Crippen molar-refractivity contribution in [1.29, 1.82) is 0 Å². The van der Waals surface area contributed by atoms with E-state index in [1.165, 1.54) is 6.07 Å². The predicted octanol–water partition coefficient (Wildman–Crippen LogP) is 3.30. The number of fused-ring (bicyclic) bond motifs is 1. The van der Waals surface area contributed by atoms with E-state index in [1.54, 1.807) is 12.1 Å². The molecule has 0 saturated carbocycles. The number of nitrogens with zero attached hydrogens (tertiary/aromatic N) is 1. The molecule has 0 unspecified atom stereocenters. The van der Waals surface area contributed by atoms with Gasteiger partial charge in [-0.3, -0.25) is 9.78 Å². The zero-order valence-corrected chi connectivity index (χ0v) is 10.9. The van der Waals surface area contributed by atoms with Crippen molar-refractivity contribution in [2.75, 3.05) is 11.9 Å². The van der Waals surface area contributed by atoms with Gasteiger partial charge in [-0.2, -0.15) is 13.2 Å². The maximum atomic E-state index is 13.0. The fourth-order valence-electron chi connectivity index (χ4n) is 2.42. The molecule has 2 aromatic rings. The number of hydrogen-bond donors (Lipinski definition) is 1. The van der Waals surface area contributed by atoms with Gasteiger partial charge in [-0.05, 0) is 36.2 Å². The van der Waals surface area contributed by atoms with Crippen molar-refractivity contribution in [3.63, 3.8) is 0 Å². The summed E-state index contributed by atoms with van der Waals surface area (Å²) in [5.74, 6) is -0.662. The Morgan fingerprint density at radius 2 is 2.05 bits per heavy atom. The van der Waals surface area contributed by atoms with E-state index in [4.69, 9.17) is 0 Å². The van der Waals surface area contributed by atoms with E-state index in [2.05, 4.69) is 10.3 Å². The second kappa shape index (κ2) is 4.87. The number of halogens is 3. The van der Waals surface area contributed by atoms with Gasteiger partial charge in [-0.1, -0.05) is 0 Å². The third-order valence-corrected chi connectivity index (χ3v) is 3.45. The van der Waals surface area contributed by atoms with Gasteiger partial charge in [0.2, 0.25) is 0 Å². The number of hydrogen-bond acceptors (Lipinski definition) is 3. The average Bonchev–Trinajstić information content (AvgIpc) is 2.93. The molecule has 0 atom stereocenters. The number of ketones is 1. The van der Waals surface area contributed by atoms with Gasteiger partial charge in [0.25, 0.3) is 0 Å². The monoisotopic (exact) mass is 292 g/mol. The first-order chi connectivity index (χ1) is 9.97. The number of rotatable bonds is 2. The van der Waals surface area contributed by atoms with E-state index in [0.29, 0.717) is 0 Å². The highest BCUT2D eigenvalue weighted by Gasteiger charge is 2.35. The fraction of sp³-hybridized carbons (Fsp3) is 0.200. The molecular weight excluding hydrogens is 281 g/mol. The molecule has 21 heavy (non-hydrogen) atoms. The molecule has 6 heteroatoms. The summed E-state index contributed by atoms with van der Waals surface area (Å²) in [6.45, 7) is 0.771. The standard InChI is InChI=1S/C15H11F3N2O/c16-15(17,18)12-4-5-19-8-11(12)14(21)10-1-2-13-9(7-10)3-6-20-13/h1-2,4-5,7-8,20H,3,6H2. The van der Waals surface area contributed by atoms with Crippen molar-refractivity contribution in [1.82, 2.24) is 4.98 Å². The van der Waals surface area contributed by atoms with Crippen molar-refractivity contribution in [2.24, 2.45) is 0 Å². The van der Waals surface area contributed by atoms with Crippen LogP contribution in [-0.2, 0) is 12.6 Å². The van der Waals surface area contributed by atoms with Crippen molar-refractivity contribution in [3.8, 4) is 0 Å². The van der Waals surface area contributed by atoms with Crippen LogP contribution in [0.3, 0.4) is 0 Å². The lowest BCUT2D eigenvalue weighted by Gasteiger charge is -2.11. The van der Waals surface area contributed by atoms with Crippen LogP contribution in [0.2, 0.25) is 0 Å². The number of alkyl halides is 3. The summed E-state index contributed by atoms with van der Waals surface area (Å²) in [4.78, 5) is 16.0. The van der Waals surface area contributed by atoms with Gasteiger partial charge >= 0.3 is 6.18 Å². The molecule has 0 aliphatic carbocycles. The molecule has 2 heterocycles. The van der Waals surface area contributed by atoms with Crippen molar-refractivity contribution < 1.29 is 18.0 Å². The van der Waals surface area contributed by atoms with Crippen LogP contribution in [0.15, 0.2) is 36.7 Å². The van der Waals surface area contributed by atoms with Crippen LogP contribution in [-0.4, -0.2) is 17.3 Å². The summed E-state index contributed by atoms with van der Waals surface area (Å²) in [5, 5.41) is 3.14. The summed E-state index contributed by atoms with van der Waals surface area (Å²) < 4.78 is 38.9. The summed E-state index contributed by atoms with van der Waals surface area (Å²) in [5.41, 5.74) is 0.736. The molecule has 108 valence electrons. The van der Waals surface area contributed by atoms with Gasteiger partial charge in [0, 0.05) is 30.2 Å². The topological polar surface area (TPSA) is 42.0 Å². The number of aromatic nitrogens is 1. The molecule has 1 aromatic carbocycles.